The highest BCUT2D eigenvalue weighted by Crippen LogP contribution is 2.30. The van der Waals surface area contributed by atoms with Gasteiger partial charge in [0.2, 0.25) is 5.91 Å². The molecule has 0 aliphatic rings. The first kappa shape index (κ1) is 17.5. The highest BCUT2D eigenvalue weighted by atomic mass is 19.4. The Hall–Kier alpha value is -1.56. The minimum atomic E-state index is -4.45. The molecular weight excluding hydrogens is 283 g/mol. The molecule has 0 aromatic heterocycles. The van der Waals surface area contributed by atoms with Gasteiger partial charge in [0.15, 0.2) is 0 Å². The first-order valence-corrected chi connectivity index (χ1v) is 6.61. The van der Waals surface area contributed by atoms with Gasteiger partial charge >= 0.3 is 6.18 Å². The number of hydrogen-bond donors (Lipinski definition) is 2. The zero-order chi connectivity index (χ0) is 16.3. The van der Waals surface area contributed by atoms with Crippen molar-refractivity contribution in [3.63, 3.8) is 0 Å². The number of hydrogen-bond acceptors (Lipinski definition) is 2. The van der Waals surface area contributed by atoms with E-state index < -0.39 is 17.8 Å². The molecule has 0 fully saturated rings. The average Bonchev–Trinajstić information content (AvgIpc) is 2.33. The molecule has 1 aromatic carbocycles. The van der Waals surface area contributed by atoms with Gasteiger partial charge in [0.25, 0.3) is 0 Å². The lowest BCUT2D eigenvalue weighted by Gasteiger charge is -2.19. The van der Waals surface area contributed by atoms with Crippen LogP contribution in [0.3, 0.4) is 0 Å². The number of nitrogens with one attached hydrogen (secondary N) is 1. The van der Waals surface area contributed by atoms with Gasteiger partial charge in [-0.15, -0.1) is 0 Å². The molecule has 1 atom stereocenters. The summed E-state index contributed by atoms with van der Waals surface area (Å²) in [5.41, 5.74) is -0.883. The standard InChI is InChI=1S/C15H20F3NO2/c1-14(2,3)8-13(21)19-9-12(20)10-5-4-6-11(7-10)15(16,17)18/h4-7,12,20H,8-9H2,1-3H3,(H,19,21)/t12-/m0/s1. The van der Waals surface area contributed by atoms with Crippen molar-refractivity contribution in [2.45, 2.75) is 39.5 Å². The van der Waals surface area contributed by atoms with E-state index in [1.165, 1.54) is 12.1 Å². The SMILES string of the molecule is CC(C)(C)CC(=O)NC[C@H](O)c1cccc(C(F)(F)F)c1. The summed E-state index contributed by atoms with van der Waals surface area (Å²) >= 11 is 0. The van der Waals surface area contributed by atoms with Crippen molar-refractivity contribution in [1.82, 2.24) is 5.32 Å². The summed E-state index contributed by atoms with van der Waals surface area (Å²) < 4.78 is 37.7. The molecule has 0 radical (unpaired) electrons. The van der Waals surface area contributed by atoms with E-state index in [-0.39, 0.29) is 29.9 Å². The van der Waals surface area contributed by atoms with Crippen LogP contribution in [0.15, 0.2) is 24.3 Å². The fraction of sp³-hybridized carbons (Fsp3) is 0.533. The van der Waals surface area contributed by atoms with Crippen LogP contribution in [0.5, 0.6) is 0 Å². The fourth-order valence-electron chi connectivity index (χ4n) is 1.79. The molecule has 0 aliphatic carbocycles. The van der Waals surface area contributed by atoms with Crippen LogP contribution in [-0.4, -0.2) is 17.6 Å². The quantitative estimate of drug-likeness (QED) is 0.896. The van der Waals surface area contributed by atoms with Crippen LogP contribution in [0.1, 0.15) is 44.4 Å². The fourth-order valence-corrected chi connectivity index (χ4v) is 1.79. The number of aliphatic hydroxyl groups is 1. The Kier molecular flexibility index (Phi) is 5.39. The van der Waals surface area contributed by atoms with Gasteiger partial charge in [-0.3, -0.25) is 4.79 Å². The average molecular weight is 303 g/mol. The number of halogens is 3. The summed E-state index contributed by atoms with van der Waals surface area (Å²) in [4.78, 5) is 11.6. The second-order valence-electron chi connectivity index (χ2n) is 6.18. The number of carbonyl (C=O) groups excluding carboxylic acids is 1. The molecule has 0 saturated heterocycles. The topological polar surface area (TPSA) is 49.3 Å². The van der Waals surface area contributed by atoms with E-state index in [0.29, 0.717) is 0 Å². The van der Waals surface area contributed by atoms with Crippen molar-refractivity contribution in [2.24, 2.45) is 5.41 Å². The van der Waals surface area contributed by atoms with E-state index >= 15 is 0 Å². The van der Waals surface area contributed by atoms with Crippen molar-refractivity contribution in [2.75, 3.05) is 6.54 Å². The van der Waals surface area contributed by atoms with Crippen molar-refractivity contribution >= 4 is 5.91 Å². The number of amides is 1. The Morgan fingerprint density at radius 2 is 1.90 bits per heavy atom. The minimum absolute atomic E-state index is 0.115. The predicted octanol–water partition coefficient (Wildman–Crippen LogP) is 3.29. The smallest absolute Gasteiger partial charge is 0.387 e. The van der Waals surface area contributed by atoms with Crippen LogP contribution in [0.2, 0.25) is 0 Å². The second-order valence-corrected chi connectivity index (χ2v) is 6.18. The maximum absolute atomic E-state index is 12.6. The molecule has 0 heterocycles. The number of benzene rings is 1. The first-order valence-electron chi connectivity index (χ1n) is 6.61. The van der Waals surface area contributed by atoms with E-state index in [2.05, 4.69) is 5.32 Å². The van der Waals surface area contributed by atoms with E-state index in [0.717, 1.165) is 12.1 Å². The van der Waals surface area contributed by atoms with Gasteiger partial charge in [-0.25, -0.2) is 0 Å². The third-order valence-corrected chi connectivity index (χ3v) is 2.78. The molecular formula is C15H20F3NO2. The number of rotatable bonds is 4. The molecule has 1 rings (SSSR count). The monoisotopic (exact) mass is 303 g/mol. The summed E-state index contributed by atoms with van der Waals surface area (Å²) in [5.74, 6) is -0.242. The van der Waals surface area contributed by atoms with Gasteiger partial charge in [-0.05, 0) is 23.1 Å². The summed E-state index contributed by atoms with van der Waals surface area (Å²) in [6.07, 6.45) is -5.34. The zero-order valence-corrected chi connectivity index (χ0v) is 12.3. The van der Waals surface area contributed by atoms with Crippen molar-refractivity contribution < 1.29 is 23.1 Å². The zero-order valence-electron chi connectivity index (χ0n) is 12.3. The van der Waals surface area contributed by atoms with Gasteiger partial charge < -0.3 is 10.4 Å². The van der Waals surface area contributed by atoms with Gasteiger partial charge in [-0.2, -0.15) is 13.2 Å². The highest BCUT2D eigenvalue weighted by Gasteiger charge is 2.30. The summed E-state index contributed by atoms with van der Waals surface area (Å²) in [7, 11) is 0. The summed E-state index contributed by atoms with van der Waals surface area (Å²) in [5, 5.41) is 12.4. The maximum atomic E-state index is 12.6. The van der Waals surface area contributed by atoms with E-state index in [1.807, 2.05) is 20.8 Å². The van der Waals surface area contributed by atoms with E-state index in [1.54, 1.807) is 0 Å². The number of alkyl halides is 3. The van der Waals surface area contributed by atoms with Crippen molar-refractivity contribution in [3.05, 3.63) is 35.4 Å². The molecule has 0 spiro atoms. The van der Waals surface area contributed by atoms with Gasteiger partial charge in [0.1, 0.15) is 0 Å². The van der Waals surface area contributed by atoms with Crippen LogP contribution in [0.4, 0.5) is 13.2 Å². The molecule has 21 heavy (non-hydrogen) atoms. The largest absolute Gasteiger partial charge is 0.416 e. The molecule has 1 amide bonds. The number of aliphatic hydroxyl groups excluding tert-OH is 1. The molecule has 6 heteroatoms. The van der Waals surface area contributed by atoms with Gasteiger partial charge in [0.05, 0.1) is 11.7 Å². The number of carbonyl (C=O) groups is 1. The lowest BCUT2D eigenvalue weighted by molar-refractivity contribution is -0.137. The molecule has 3 nitrogen and oxygen atoms in total. The lowest BCUT2D eigenvalue weighted by atomic mass is 9.92. The van der Waals surface area contributed by atoms with Crippen molar-refractivity contribution in [3.8, 4) is 0 Å². The van der Waals surface area contributed by atoms with Crippen LogP contribution in [0, 0.1) is 5.41 Å². The van der Waals surface area contributed by atoms with Gasteiger partial charge in [-0.1, -0.05) is 32.9 Å². The molecule has 0 bridgehead atoms. The minimum Gasteiger partial charge on any atom is -0.387 e. The Bertz CT molecular complexity index is 492. The summed E-state index contributed by atoms with van der Waals surface area (Å²) in [6, 6.07) is 4.46. The molecule has 1 aromatic rings. The van der Waals surface area contributed by atoms with Crippen LogP contribution >= 0.6 is 0 Å². The molecule has 0 saturated carbocycles. The van der Waals surface area contributed by atoms with E-state index in [4.69, 9.17) is 0 Å². The Balaban J connectivity index is 2.64. The lowest BCUT2D eigenvalue weighted by Crippen LogP contribution is -2.31. The second kappa shape index (κ2) is 6.47. The Morgan fingerprint density at radius 3 is 2.43 bits per heavy atom. The van der Waals surface area contributed by atoms with Crippen LogP contribution in [-0.2, 0) is 11.0 Å². The molecule has 0 unspecified atom stereocenters. The first-order chi connectivity index (χ1) is 9.49. The molecule has 0 aliphatic heterocycles. The Labute approximate surface area is 122 Å². The van der Waals surface area contributed by atoms with E-state index in [9.17, 15) is 23.1 Å². The predicted molar refractivity (Wildman–Crippen MR) is 73.5 cm³/mol. The maximum Gasteiger partial charge on any atom is 0.416 e. The van der Waals surface area contributed by atoms with Crippen LogP contribution < -0.4 is 5.32 Å². The van der Waals surface area contributed by atoms with Crippen molar-refractivity contribution in [1.29, 1.82) is 0 Å². The molecule has 118 valence electrons. The normalized spacial score (nSPS) is 13.9. The van der Waals surface area contributed by atoms with Gasteiger partial charge in [0, 0.05) is 13.0 Å². The highest BCUT2D eigenvalue weighted by molar-refractivity contribution is 5.76. The third-order valence-electron chi connectivity index (χ3n) is 2.78. The third kappa shape index (κ3) is 6.16. The Morgan fingerprint density at radius 1 is 1.29 bits per heavy atom. The van der Waals surface area contributed by atoms with Crippen LogP contribution in [0.25, 0.3) is 0 Å². The summed E-state index contributed by atoms with van der Waals surface area (Å²) in [6.45, 7) is 5.58. The molecule has 2 N–H and O–H groups in total.